The van der Waals surface area contributed by atoms with Gasteiger partial charge >= 0.3 is 0 Å². The van der Waals surface area contributed by atoms with Crippen molar-refractivity contribution in [2.45, 2.75) is 50.9 Å². The van der Waals surface area contributed by atoms with Crippen LogP contribution in [0.5, 0.6) is 5.75 Å². The largest absolute Gasteiger partial charge is 0.494 e. The van der Waals surface area contributed by atoms with Crippen molar-refractivity contribution in [1.29, 1.82) is 0 Å². The number of hydrogen-bond donors (Lipinski definition) is 0. The highest BCUT2D eigenvalue weighted by atomic mass is 16.5. The molecule has 0 bridgehead atoms. The van der Waals surface area contributed by atoms with Gasteiger partial charge in [0.05, 0.1) is 6.61 Å². The summed E-state index contributed by atoms with van der Waals surface area (Å²) in [5, 5.41) is 0. The van der Waals surface area contributed by atoms with E-state index < -0.39 is 0 Å². The minimum Gasteiger partial charge on any atom is -0.494 e. The number of carbonyl (C=O) groups is 1. The molecule has 0 radical (unpaired) electrons. The summed E-state index contributed by atoms with van der Waals surface area (Å²) in [6.45, 7) is 12.4. The third-order valence-electron chi connectivity index (χ3n) is 7.60. The van der Waals surface area contributed by atoms with Gasteiger partial charge in [0.2, 0.25) is 5.91 Å². The van der Waals surface area contributed by atoms with Crippen molar-refractivity contribution >= 4 is 5.91 Å². The van der Waals surface area contributed by atoms with Crippen molar-refractivity contribution in [2.75, 3.05) is 72.2 Å². The number of nitrogens with zero attached hydrogens (tertiary/aromatic N) is 3. The Morgan fingerprint density at radius 3 is 2.28 bits per heavy atom. The first kappa shape index (κ1) is 23.5. The molecule has 32 heavy (non-hydrogen) atoms. The molecule has 6 nitrogen and oxygen atoms in total. The standard InChI is InChI=1S/C26H41N3O3/c1-23(30)29-17-15-28(16-18-29)22-26(10-20-31-21-11-26)24-6-8-25(9-7-24)32-19-5-14-27-12-3-2-4-13-27/h6-9H,2-5,10-22H2,1H3. The van der Waals surface area contributed by atoms with Gasteiger partial charge in [0.15, 0.2) is 0 Å². The van der Waals surface area contributed by atoms with Crippen molar-refractivity contribution in [1.82, 2.24) is 14.7 Å². The lowest BCUT2D eigenvalue weighted by atomic mass is 9.73. The predicted octanol–water partition coefficient (Wildman–Crippen LogP) is 3.15. The maximum absolute atomic E-state index is 11.7. The summed E-state index contributed by atoms with van der Waals surface area (Å²) in [6.07, 6.45) is 7.28. The Morgan fingerprint density at radius 1 is 0.938 bits per heavy atom. The summed E-state index contributed by atoms with van der Waals surface area (Å²) in [5.41, 5.74) is 1.53. The van der Waals surface area contributed by atoms with E-state index in [1.807, 2.05) is 4.90 Å². The van der Waals surface area contributed by atoms with Gasteiger partial charge in [0.25, 0.3) is 0 Å². The van der Waals surface area contributed by atoms with Gasteiger partial charge in [-0.3, -0.25) is 9.69 Å². The average Bonchev–Trinajstić information content (AvgIpc) is 2.84. The highest BCUT2D eigenvalue weighted by Gasteiger charge is 2.37. The predicted molar refractivity (Wildman–Crippen MR) is 127 cm³/mol. The van der Waals surface area contributed by atoms with Gasteiger partial charge in [-0.1, -0.05) is 18.6 Å². The smallest absolute Gasteiger partial charge is 0.219 e. The number of piperidine rings is 1. The topological polar surface area (TPSA) is 45.2 Å². The zero-order chi connectivity index (χ0) is 22.2. The quantitative estimate of drug-likeness (QED) is 0.578. The van der Waals surface area contributed by atoms with Crippen molar-refractivity contribution in [3.63, 3.8) is 0 Å². The second kappa shape index (κ2) is 11.5. The summed E-state index contributed by atoms with van der Waals surface area (Å²) in [4.78, 5) is 18.7. The first-order chi connectivity index (χ1) is 15.6. The monoisotopic (exact) mass is 443 g/mol. The number of likely N-dealkylation sites (tertiary alicyclic amines) is 1. The molecule has 0 saturated carbocycles. The highest BCUT2D eigenvalue weighted by Crippen LogP contribution is 2.37. The first-order valence-corrected chi connectivity index (χ1v) is 12.7. The second-order valence-corrected chi connectivity index (χ2v) is 9.80. The molecule has 3 aliphatic rings. The maximum Gasteiger partial charge on any atom is 0.219 e. The summed E-state index contributed by atoms with van der Waals surface area (Å²) in [6, 6.07) is 8.86. The molecule has 178 valence electrons. The van der Waals surface area contributed by atoms with E-state index >= 15 is 0 Å². The molecule has 3 aliphatic heterocycles. The number of benzene rings is 1. The van der Waals surface area contributed by atoms with Crippen LogP contribution >= 0.6 is 0 Å². The van der Waals surface area contributed by atoms with Crippen LogP contribution in [0.3, 0.4) is 0 Å². The third-order valence-corrected chi connectivity index (χ3v) is 7.60. The lowest BCUT2D eigenvalue weighted by molar-refractivity contribution is -0.130. The molecular weight excluding hydrogens is 402 g/mol. The highest BCUT2D eigenvalue weighted by molar-refractivity contribution is 5.73. The lowest BCUT2D eigenvalue weighted by Crippen LogP contribution is -2.53. The van der Waals surface area contributed by atoms with E-state index in [0.29, 0.717) is 0 Å². The van der Waals surface area contributed by atoms with Crippen LogP contribution in [0.2, 0.25) is 0 Å². The van der Waals surface area contributed by atoms with E-state index in [-0.39, 0.29) is 11.3 Å². The lowest BCUT2D eigenvalue weighted by Gasteiger charge is -2.44. The Balaban J connectivity index is 1.30. The van der Waals surface area contributed by atoms with Crippen LogP contribution in [-0.4, -0.2) is 92.8 Å². The van der Waals surface area contributed by atoms with E-state index in [2.05, 4.69) is 34.1 Å². The Morgan fingerprint density at radius 2 is 1.62 bits per heavy atom. The zero-order valence-corrected chi connectivity index (χ0v) is 19.9. The number of carbonyl (C=O) groups excluding carboxylic acids is 1. The van der Waals surface area contributed by atoms with Crippen LogP contribution in [0.1, 0.15) is 51.0 Å². The Labute approximate surface area is 193 Å². The molecule has 0 atom stereocenters. The fourth-order valence-electron chi connectivity index (χ4n) is 5.52. The minimum atomic E-state index is 0.128. The molecule has 0 N–H and O–H groups in total. The van der Waals surface area contributed by atoms with Gasteiger partial charge < -0.3 is 19.3 Å². The number of rotatable bonds is 8. The van der Waals surface area contributed by atoms with Crippen molar-refractivity contribution in [3.05, 3.63) is 29.8 Å². The van der Waals surface area contributed by atoms with E-state index in [0.717, 1.165) is 84.1 Å². The van der Waals surface area contributed by atoms with Crippen molar-refractivity contribution in [3.8, 4) is 5.75 Å². The third kappa shape index (κ3) is 6.24. The Kier molecular flexibility index (Phi) is 8.44. The van der Waals surface area contributed by atoms with Gasteiger partial charge in [-0.25, -0.2) is 0 Å². The number of amides is 1. The van der Waals surface area contributed by atoms with Crippen LogP contribution in [0.15, 0.2) is 24.3 Å². The molecule has 3 saturated heterocycles. The number of hydrogen-bond acceptors (Lipinski definition) is 5. The molecule has 1 aromatic rings. The van der Waals surface area contributed by atoms with Gasteiger partial charge in [-0.15, -0.1) is 0 Å². The van der Waals surface area contributed by atoms with Crippen LogP contribution < -0.4 is 4.74 Å². The number of ether oxygens (including phenoxy) is 2. The fourth-order valence-corrected chi connectivity index (χ4v) is 5.52. The Hall–Kier alpha value is -1.63. The molecule has 1 aromatic carbocycles. The molecule has 6 heteroatoms. The van der Waals surface area contributed by atoms with Crippen LogP contribution in [0, 0.1) is 0 Å². The normalized spacial score (nSPS) is 22.6. The van der Waals surface area contributed by atoms with E-state index in [4.69, 9.17) is 9.47 Å². The molecule has 3 heterocycles. The molecule has 0 aliphatic carbocycles. The van der Waals surface area contributed by atoms with Crippen LogP contribution in [-0.2, 0) is 14.9 Å². The summed E-state index contributed by atoms with van der Waals surface area (Å²) >= 11 is 0. The molecule has 0 spiro atoms. The maximum atomic E-state index is 11.7. The molecule has 0 unspecified atom stereocenters. The summed E-state index contributed by atoms with van der Waals surface area (Å²) < 4.78 is 11.8. The van der Waals surface area contributed by atoms with Gasteiger partial charge in [0, 0.05) is 64.8 Å². The second-order valence-electron chi connectivity index (χ2n) is 9.80. The summed E-state index contributed by atoms with van der Waals surface area (Å²) in [7, 11) is 0. The van der Waals surface area contributed by atoms with Gasteiger partial charge in [-0.05, 0) is 62.9 Å². The zero-order valence-electron chi connectivity index (χ0n) is 19.9. The van der Waals surface area contributed by atoms with Gasteiger partial charge in [-0.2, -0.15) is 0 Å². The van der Waals surface area contributed by atoms with Gasteiger partial charge in [0.1, 0.15) is 5.75 Å². The van der Waals surface area contributed by atoms with E-state index in [1.54, 1.807) is 6.92 Å². The van der Waals surface area contributed by atoms with Crippen LogP contribution in [0.25, 0.3) is 0 Å². The minimum absolute atomic E-state index is 0.128. The number of piperazine rings is 1. The first-order valence-electron chi connectivity index (χ1n) is 12.7. The summed E-state index contributed by atoms with van der Waals surface area (Å²) in [5.74, 6) is 1.17. The molecule has 4 rings (SSSR count). The molecular formula is C26H41N3O3. The Bertz CT molecular complexity index is 704. The van der Waals surface area contributed by atoms with E-state index in [9.17, 15) is 4.79 Å². The molecule has 0 aromatic heterocycles. The van der Waals surface area contributed by atoms with Crippen molar-refractivity contribution in [2.24, 2.45) is 0 Å². The molecule has 1 amide bonds. The average molecular weight is 444 g/mol. The van der Waals surface area contributed by atoms with Crippen molar-refractivity contribution < 1.29 is 14.3 Å². The van der Waals surface area contributed by atoms with Crippen LogP contribution in [0.4, 0.5) is 0 Å². The van der Waals surface area contributed by atoms with E-state index in [1.165, 1.54) is 37.9 Å². The SMILES string of the molecule is CC(=O)N1CCN(CC2(c3ccc(OCCCN4CCCCC4)cc3)CCOCC2)CC1. The molecule has 3 fully saturated rings. The fraction of sp³-hybridized carbons (Fsp3) is 0.731.